The molecule has 0 radical (unpaired) electrons. The molecule has 4 atom stereocenters. The summed E-state index contributed by atoms with van der Waals surface area (Å²) in [6.45, 7) is 0. The molecular weight excluding hydrogens is 430 g/mol. The first-order valence-electron chi connectivity index (χ1n) is 9.69. The first-order valence-corrected chi connectivity index (χ1v) is 10.5. The number of amides is 2. The summed E-state index contributed by atoms with van der Waals surface area (Å²) in [7, 11) is 0. The van der Waals surface area contributed by atoms with E-state index in [0.717, 1.165) is 27.4 Å². The zero-order valence-corrected chi connectivity index (χ0v) is 16.9. The lowest BCUT2D eigenvalue weighted by atomic mass is 9.85. The molecule has 1 aliphatic heterocycles. The highest BCUT2D eigenvalue weighted by atomic mass is 79.9. The standard InChI is InChI=1S/C23H16BrN3O2/c24-16-6-3-15-11-25-21(26-18(15)10-16)12-4-7-17(8-5-12)27-22(28)19-13-1-2-14(9-13)20(19)23(27)29/h1-8,10-11,13-14,19-20H,9H2/t13-,14?,19+,20-/m0/s1. The zero-order valence-electron chi connectivity index (χ0n) is 15.3. The van der Waals surface area contributed by atoms with Crippen LogP contribution < -0.4 is 4.90 Å². The van der Waals surface area contributed by atoms with E-state index in [2.05, 4.69) is 38.0 Å². The Morgan fingerprint density at radius 3 is 2.31 bits per heavy atom. The molecule has 2 heterocycles. The fourth-order valence-electron chi connectivity index (χ4n) is 5.05. The van der Waals surface area contributed by atoms with E-state index in [-0.39, 0.29) is 35.5 Å². The number of hydrogen-bond acceptors (Lipinski definition) is 4. The van der Waals surface area contributed by atoms with E-state index in [1.165, 1.54) is 4.90 Å². The van der Waals surface area contributed by atoms with Crippen LogP contribution in [0, 0.1) is 23.7 Å². The highest BCUT2D eigenvalue weighted by Gasteiger charge is 2.59. The molecule has 3 aromatic rings. The van der Waals surface area contributed by atoms with Crippen LogP contribution in [0.2, 0.25) is 0 Å². The second-order valence-corrected chi connectivity index (χ2v) is 8.87. The van der Waals surface area contributed by atoms with Crippen molar-refractivity contribution >= 4 is 44.3 Å². The van der Waals surface area contributed by atoms with E-state index in [1.54, 1.807) is 6.20 Å². The molecule has 1 saturated carbocycles. The summed E-state index contributed by atoms with van der Waals surface area (Å²) in [6.07, 6.45) is 6.96. The number of carbonyl (C=O) groups excluding carboxylic acids is 2. The van der Waals surface area contributed by atoms with Gasteiger partial charge in [-0.25, -0.2) is 9.97 Å². The number of nitrogens with zero attached hydrogens (tertiary/aromatic N) is 3. The summed E-state index contributed by atoms with van der Waals surface area (Å²) in [5.74, 6) is 0.569. The number of anilines is 1. The van der Waals surface area contributed by atoms with Crippen molar-refractivity contribution in [3.05, 3.63) is 65.3 Å². The van der Waals surface area contributed by atoms with E-state index < -0.39 is 0 Å². The molecule has 142 valence electrons. The number of halogens is 1. The predicted molar refractivity (Wildman–Crippen MR) is 113 cm³/mol. The second-order valence-electron chi connectivity index (χ2n) is 7.96. The van der Waals surface area contributed by atoms with Gasteiger partial charge in [-0.1, -0.05) is 34.1 Å². The lowest BCUT2D eigenvalue weighted by Gasteiger charge is -2.17. The molecule has 2 fully saturated rings. The van der Waals surface area contributed by atoms with Crippen LogP contribution in [-0.4, -0.2) is 21.8 Å². The first kappa shape index (κ1) is 17.0. The van der Waals surface area contributed by atoms with Crippen LogP contribution in [0.15, 0.2) is 65.3 Å². The van der Waals surface area contributed by atoms with Crippen molar-refractivity contribution in [2.24, 2.45) is 23.7 Å². The van der Waals surface area contributed by atoms with Crippen molar-refractivity contribution in [2.45, 2.75) is 6.42 Å². The molecule has 0 spiro atoms. The van der Waals surface area contributed by atoms with Crippen LogP contribution in [0.3, 0.4) is 0 Å². The smallest absolute Gasteiger partial charge is 0.238 e. The van der Waals surface area contributed by atoms with Gasteiger partial charge in [0.15, 0.2) is 5.82 Å². The van der Waals surface area contributed by atoms with Gasteiger partial charge in [0.05, 0.1) is 23.0 Å². The molecule has 0 N–H and O–H groups in total. The minimum atomic E-state index is -0.181. The molecule has 1 saturated heterocycles. The van der Waals surface area contributed by atoms with E-state index in [1.807, 2.05) is 42.5 Å². The number of benzene rings is 2. The Morgan fingerprint density at radius 1 is 0.931 bits per heavy atom. The molecular formula is C23H16BrN3O2. The van der Waals surface area contributed by atoms with E-state index in [9.17, 15) is 9.59 Å². The molecule has 1 aromatic heterocycles. The van der Waals surface area contributed by atoms with Gasteiger partial charge in [-0.2, -0.15) is 0 Å². The van der Waals surface area contributed by atoms with Crippen LogP contribution in [0.25, 0.3) is 22.3 Å². The number of aromatic nitrogens is 2. The molecule has 2 bridgehead atoms. The van der Waals surface area contributed by atoms with Crippen LogP contribution in [0.1, 0.15) is 6.42 Å². The third-order valence-corrected chi connectivity index (χ3v) is 6.89. The number of rotatable bonds is 2. The third kappa shape index (κ3) is 2.45. The molecule has 5 nitrogen and oxygen atoms in total. The minimum Gasteiger partial charge on any atom is -0.274 e. The van der Waals surface area contributed by atoms with E-state index in [4.69, 9.17) is 0 Å². The van der Waals surface area contributed by atoms with Gasteiger partial charge in [0, 0.05) is 21.6 Å². The summed E-state index contributed by atoms with van der Waals surface area (Å²) in [4.78, 5) is 36.4. The normalized spacial score (nSPS) is 27.3. The van der Waals surface area contributed by atoms with E-state index in [0.29, 0.717) is 11.5 Å². The maximum absolute atomic E-state index is 13.0. The summed E-state index contributed by atoms with van der Waals surface area (Å²) >= 11 is 3.47. The van der Waals surface area contributed by atoms with E-state index >= 15 is 0 Å². The highest BCUT2D eigenvalue weighted by Crippen LogP contribution is 2.53. The van der Waals surface area contributed by atoms with Gasteiger partial charge in [0.25, 0.3) is 0 Å². The molecule has 2 amide bonds. The molecule has 1 unspecified atom stereocenters. The summed E-state index contributed by atoms with van der Waals surface area (Å²) < 4.78 is 0.963. The predicted octanol–water partition coefficient (Wildman–Crippen LogP) is 4.37. The molecule has 2 aliphatic carbocycles. The van der Waals surface area contributed by atoms with Gasteiger partial charge in [-0.3, -0.25) is 14.5 Å². The Kier molecular flexibility index (Phi) is 3.56. The van der Waals surface area contributed by atoms with Crippen LogP contribution >= 0.6 is 15.9 Å². The SMILES string of the molecule is O=C1[C@@H]2[C@H]3C=CC(C3)[C@@H]2C(=O)N1c1ccc(-c2ncc3ccc(Br)cc3n2)cc1. The van der Waals surface area contributed by atoms with Crippen LogP contribution in [0.5, 0.6) is 0 Å². The van der Waals surface area contributed by atoms with Gasteiger partial charge in [-0.15, -0.1) is 0 Å². The van der Waals surface area contributed by atoms with Crippen molar-refractivity contribution in [1.82, 2.24) is 9.97 Å². The Balaban J connectivity index is 1.32. The van der Waals surface area contributed by atoms with Gasteiger partial charge in [0.1, 0.15) is 0 Å². The molecule has 3 aliphatic rings. The number of allylic oxidation sites excluding steroid dienone is 2. The van der Waals surface area contributed by atoms with Crippen molar-refractivity contribution < 1.29 is 9.59 Å². The summed E-state index contributed by atoms with van der Waals surface area (Å²) in [5, 5.41) is 0.969. The Hall–Kier alpha value is -2.86. The van der Waals surface area contributed by atoms with Gasteiger partial charge < -0.3 is 0 Å². The maximum atomic E-state index is 13.0. The third-order valence-electron chi connectivity index (χ3n) is 6.40. The number of fused-ring (bicyclic) bond motifs is 6. The van der Waals surface area contributed by atoms with Crippen molar-refractivity contribution in [2.75, 3.05) is 4.90 Å². The summed E-state index contributed by atoms with van der Waals surface area (Å²) in [6, 6.07) is 13.3. The highest BCUT2D eigenvalue weighted by molar-refractivity contribution is 9.10. The zero-order chi connectivity index (χ0) is 19.7. The Morgan fingerprint density at radius 2 is 1.62 bits per heavy atom. The fraction of sp³-hybridized carbons (Fsp3) is 0.217. The van der Waals surface area contributed by atoms with Crippen molar-refractivity contribution in [3.63, 3.8) is 0 Å². The van der Waals surface area contributed by atoms with Gasteiger partial charge in [-0.05, 0) is 54.7 Å². The largest absolute Gasteiger partial charge is 0.274 e. The molecule has 29 heavy (non-hydrogen) atoms. The Labute approximate surface area is 175 Å². The second kappa shape index (κ2) is 6.07. The Bertz CT molecular complexity index is 1190. The number of carbonyl (C=O) groups is 2. The first-order chi connectivity index (χ1) is 14.1. The van der Waals surface area contributed by atoms with Crippen molar-refractivity contribution in [3.8, 4) is 11.4 Å². The number of hydrogen-bond donors (Lipinski definition) is 0. The molecule has 6 rings (SSSR count). The van der Waals surface area contributed by atoms with Crippen molar-refractivity contribution in [1.29, 1.82) is 0 Å². The lowest BCUT2D eigenvalue weighted by molar-refractivity contribution is -0.123. The quantitative estimate of drug-likeness (QED) is 0.433. The lowest BCUT2D eigenvalue weighted by Crippen LogP contribution is -2.32. The topological polar surface area (TPSA) is 63.2 Å². The average Bonchev–Trinajstić information content (AvgIpc) is 3.41. The van der Waals surface area contributed by atoms with Crippen LogP contribution in [0.4, 0.5) is 5.69 Å². The maximum Gasteiger partial charge on any atom is 0.238 e. The fourth-order valence-corrected chi connectivity index (χ4v) is 5.40. The monoisotopic (exact) mass is 445 g/mol. The summed E-state index contributed by atoms with van der Waals surface area (Å²) in [5.41, 5.74) is 2.33. The van der Waals surface area contributed by atoms with Gasteiger partial charge in [0.2, 0.25) is 11.8 Å². The van der Waals surface area contributed by atoms with Crippen LogP contribution in [-0.2, 0) is 9.59 Å². The average molecular weight is 446 g/mol. The minimum absolute atomic E-state index is 0.0589. The number of imide groups is 1. The van der Waals surface area contributed by atoms with Gasteiger partial charge >= 0.3 is 0 Å². The molecule has 2 aromatic carbocycles. The molecule has 6 heteroatoms.